The highest BCUT2D eigenvalue weighted by atomic mass is 35.5. The van der Waals surface area contributed by atoms with Crippen LogP contribution in [-0.2, 0) is 11.3 Å². The van der Waals surface area contributed by atoms with Gasteiger partial charge in [0, 0.05) is 13.7 Å². The van der Waals surface area contributed by atoms with Gasteiger partial charge in [0.2, 0.25) is 0 Å². The van der Waals surface area contributed by atoms with Gasteiger partial charge in [-0.1, -0.05) is 18.5 Å². The standard InChI is InChI=1S/C12H21ClN2O2/c1-4-7-15-12(10(13)8-14-15)11(16)6-5-9(2)17-3/h8-9,11,16H,4-7H2,1-3H3. The highest BCUT2D eigenvalue weighted by molar-refractivity contribution is 6.31. The molecule has 0 radical (unpaired) electrons. The number of hydrogen-bond donors (Lipinski definition) is 1. The van der Waals surface area contributed by atoms with Crippen molar-refractivity contribution in [3.05, 3.63) is 16.9 Å². The Balaban J connectivity index is 2.66. The number of aromatic nitrogens is 2. The molecule has 0 amide bonds. The van der Waals surface area contributed by atoms with E-state index in [0.29, 0.717) is 11.4 Å². The van der Waals surface area contributed by atoms with Gasteiger partial charge in [-0.15, -0.1) is 0 Å². The normalized spacial score (nSPS) is 14.9. The van der Waals surface area contributed by atoms with Crippen molar-refractivity contribution in [3.8, 4) is 0 Å². The Hall–Kier alpha value is -0.580. The molecule has 98 valence electrons. The van der Waals surface area contributed by atoms with Gasteiger partial charge in [0.25, 0.3) is 0 Å². The second kappa shape index (κ2) is 6.99. The Labute approximate surface area is 108 Å². The fourth-order valence-electron chi connectivity index (χ4n) is 1.74. The van der Waals surface area contributed by atoms with E-state index in [9.17, 15) is 5.11 Å². The van der Waals surface area contributed by atoms with E-state index in [1.54, 1.807) is 18.0 Å². The van der Waals surface area contributed by atoms with Gasteiger partial charge >= 0.3 is 0 Å². The predicted molar refractivity (Wildman–Crippen MR) is 68.2 cm³/mol. The number of methoxy groups -OCH3 is 1. The molecule has 0 fully saturated rings. The van der Waals surface area contributed by atoms with Crippen molar-refractivity contribution >= 4 is 11.6 Å². The number of halogens is 1. The Morgan fingerprint density at radius 2 is 2.24 bits per heavy atom. The fraction of sp³-hybridized carbons (Fsp3) is 0.750. The second-order valence-electron chi connectivity index (χ2n) is 4.24. The molecule has 0 saturated carbocycles. The zero-order valence-electron chi connectivity index (χ0n) is 10.7. The van der Waals surface area contributed by atoms with E-state index < -0.39 is 6.10 Å². The first-order valence-corrected chi connectivity index (χ1v) is 6.40. The Kier molecular flexibility index (Phi) is 5.95. The Morgan fingerprint density at radius 3 is 2.82 bits per heavy atom. The largest absolute Gasteiger partial charge is 0.387 e. The first-order chi connectivity index (χ1) is 8.10. The maximum absolute atomic E-state index is 10.1. The molecule has 0 aliphatic rings. The average Bonchev–Trinajstić information content (AvgIpc) is 2.67. The minimum atomic E-state index is -0.575. The Morgan fingerprint density at radius 1 is 1.53 bits per heavy atom. The molecule has 1 aromatic heterocycles. The van der Waals surface area contributed by atoms with Crippen LogP contribution in [0, 0.1) is 0 Å². The summed E-state index contributed by atoms with van der Waals surface area (Å²) in [6.45, 7) is 4.83. The lowest BCUT2D eigenvalue weighted by Crippen LogP contribution is -2.12. The van der Waals surface area contributed by atoms with Crippen LogP contribution in [0.5, 0.6) is 0 Å². The molecular weight excluding hydrogens is 240 g/mol. The molecular formula is C12H21ClN2O2. The van der Waals surface area contributed by atoms with Crippen LogP contribution < -0.4 is 0 Å². The quantitative estimate of drug-likeness (QED) is 0.820. The van der Waals surface area contributed by atoms with Crippen molar-refractivity contribution in [1.82, 2.24) is 9.78 Å². The lowest BCUT2D eigenvalue weighted by atomic mass is 10.1. The van der Waals surface area contributed by atoms with Gasteiger partial charge in [0.15, 0.2) is 0 Å². The SMILES string of the molecule is CCCn1ncc(Cl)c1C(O)CCC(C)OC. The summed E-state index contributed by atoms with van der Waals surface area (Å²) in [7, 11) is 1.67. The number of nitrogens with zero attached hydrogens (tertiary/aromatic N) is 2. The molecule has 5 heteroatoms. The molecule has 2 atom stereocenters. The number of ether oxygens (including phenoxy) is 1. The summed E-state index contributed by atoms with van der Waals surface area (Å²) in [4.78, 5) is 0. The first kappa shape index (κ1) is 14.5. The van der Waals surface area contributed by atoms with Gasteiger partial charge < -0.3 is 9.84 Å². The van der Waals surface area contributed by atoms with E-state index in [1.807, 2.05) is 6.92 Å². The molecule has 0 spiro atoms. The molecule has 1 rings (SSSR count). The smallest absolute Gasteiger partial charge is 0.0972 e. The van der Waals surface area contributed by atoms with Gasteiger partial charge in [-0.3, -0.25) is 4.68 Å². The van der Waals surface area contributed by atoms with Crippen LogP contribution >= 0.6 is 11.6 Å². The molecule has 0 aliphatic heterocycles. The van der Waals surface area contributed by atoms with E-state index in [-0.39, 0.29) is 6.10 Å². The molecule has 0 bridgehead atoms. The van der Waals surface area contributed by atoms with Crippen molar-refractivity contribution < 1.29 is 9.84 Å². The van der Waals surface area contributed by atoms with Crippen LogP contribution in [-0.4, -0.2) is 28.1 Å². The van der Waals surface area contributed by atoms with Crippen molar-refractivity contribution in [2.75, 3.05) is 7.11 Å². The number of hydrogen-bond acceptors (Lipinski definition) is 3. The lowest BCUT2D eigenvalue weighted by molar-refractivity contribution is 0.0824. The maximum Gasteiger partial charge on any atom is 0.0972 e. The van der Waals surface area contributed by atoms with Crippen LogP contribution in [0.3, 0.4) is 0 Å². The van der Waals surface area contributed by atoms with Crippen LogP contribution in [0.2, 0.25) is 5.02 Å². The lowest BCUT2D eigenvalue weighted by Gasteiger charge is -2.15. The fourth-order valence-corrected chi connectivity index (χ4v) is 2.01. The van der Waals surface area contributed by atoms with Gasteiger partial charge in [0.05, 0.1) is 29.1 Å². The maximum atomic E-state index is 10.1. The highest BCUT2D eigenvalue weighted by Gasteiger charge is 2.18. The van der Waals surface area contributed by atoms with Crippen LogP contribution in [0.15, 0.2) is 6.20 Å². The molecule has 1 aromatic rings. The summed E-state index contributed by atoms with van der Waals surface area (Å²) in [5.74, 6) is 0. The molecule has 1 heterocycles. The molecule has 0 saturated heterocycles. The number of rotatable bonds is 7. The van der Waals surface area contributed by atoms with Crippen molar-refractivity contribution in [2.45, 2.75) is 51.9 Å². The summed E-state index contributed by atoms with van der Waals surface area (Å²) in [5, 5.41) is 14.8. The summed E-state index contributed by atoms with van der Waals surface area (Å²) < 4.78 is 6.94. The van der Waals surface area contributed by atoms with E-state index in [4.69, 9.17) is 16.3 Å². The Bertz CT molecular complexity index is 341. The van der Waals surface area contributed by atoms with E-state index >= 15 is 0 Å². The second-order valence-corrected chi connectivity index (χ2v) is 4.65. The summed E-state index contributed by atoms with van der Waals surface area (Å²) in [6.07, 6.45) is 3.55. The molecule has 2 unspecified atom stereocenters. The number of aliphatic hydroxyl groups is 1. The van der Waals surface area contributed by atoms with E-state index in [2.05, 4.69) is 12.0 Å². The number of aliphatic hydroxyl groups excluding tert-OH is 1. The van der Waals surface area contributed by atoms with Crippen LogP contribution in [0.1, 0.15) is 44.9 Å². The van der Waals surface area contributed by atoms with Gasteiger partial charge in [0.1, 0.15) is 0 Å². The number of aryl methyl sites for hydroxylation is 1. The average molecular weight is 261 g/mol. The minimum absolute atomic E-state index is 0.144. The van der Waals surface area contributed by atoms with E-state index in [1.165, 1.54) is 0 Å². The molecule has 17 heavy (non-hydrogen) atoms. The third kappa shape index (κ3) is 3.98. The van der Waals surface area contributed by atoms with Crippen molar-refractivity contribution in [2.24, 2.45) is 0 Å². The van der Waals surface area contributed by atoms with Gasteiger partial charge in [-0.05, 0) is 26.2 Å². The first-order valence-electron chi connectivity index (χ1n) is 6.02. The summed E-state index contributed by atoms with van der Waals surface area (Å²) >= 11 is 6.05. The zero-order chi connectivity index (χ0) is 12.8. The molecule has 0 aliphatic carbocycles. The van der Waals surface area contributed by atoms with Crippen LogP contribution in [0.25, 0.3) is 0 Å². The van der Waals surface area contributed by atoms with Gasteiger partial charge in [-0.25, -0.2) is 0 Å². The van der Waals surface area contributed by atoms with E-state index in [0.717, 1.165) is 25.1 Å². The highest BCUT2D eigenvalue weighted by Crippen LogP contribution is 2.26. The summed E-state index contributed by atoms with van der Waals surface area (Å²) in [6, 6.07) is 0. The van der Waals surface area contributed by atoms with Crippen LogP contribution in [0.4, 0.5) is 0 Å². The third-order valence-corrected chi connectivity index (χ3v) is 3.12. The molecule has 4 nitrogen and oxygen atoms in total. The molecule has 1 N–H and O–H groups in total. The molecule has 0 aromatic carbocycles. The monoisotopic (exact) mass is 260 g/mol. The zero-order valence-corrected chi connectivity index (χ0v) is 11.4. The predicted octanol–water partition coefficient (Wildman–Crippen LogP) is 2.80. The topological polar surface area (TPSA) is 47.3 Å². The van der Waals surface area contributed by atoms with Crippen molar-refractivity contribution in [1.29, 1.82) is 0 Å². The van der Waals surface area contributed by atoms with Crippen molar-refractivity contribution in [3.63, 3.8) is 0 Å². The van der Waals surface area contributed by atoms with Gasteiger partial charge in [-0.2, -0.15) is 5.10 Å². The minimum Gasteiger partial charge on any atom is -0.387 e. The summed E-state index contributed by atoms with van der Waals surface area (Å²) in [5.41, 5.74) is 0.719. The third-order valence-electron chi connectivity index (χ3n) is 2.83.